The molecule has 2 rings (SSSR count). The molecule has 0 N–H and O–H groups in total. The Morgan fingerprint density at radius 2 is 1.96 bits per heavy atom. The zero-order valence-corrected chi connectivity index (χ0v) is 13.6. The topological polar surface area (TPSA) is 64.2 Å². The summed E-state index contributed by atoms with van der Waals surface area (Å²) in [7, 11) is 0. The van der Waals surface area contributed by atoms with Crippen molar-refractivity contribution in [1.29, 1.82) is 5.26 Å². The highest BCUT2D eigenvalue weighted by Crippen LogP contribution is 2.23. The minimum atomic E-state index is -0.342. The normalized spacial score (nSPS) is 10.4. The molecule has 5 heteroatoms. The van der Waals surface area contributed by atoms with E-state index in [1.807, 2.05) is 4.57 Å². The average molecular weight is 312 g/mol. The van der Waals surface area contributed by atoms with Crippen LogP contribution < -0.4 is 4.74 Å². The molecule has 0 atom stereocenters. The van der Waals surface area contributed by atoms with Gasteiger partial charge in [0.05, 0.1) is 25.0 Å². The fourth-order valence-electron chi connectivity index (χ4n) is 2.02. The Kier molecular flexibility index (Phi) is 5.42. The number of ether oxygens (including phenoxy) is 2. The van der Waals surface area contributed by atoms with Gasteiger partial charge in [-0.15, -0.1) is 0 Å². The lowest BCUT2D eigenvalue weighted by Crippen LogP contribution is -2.05. The van der Waals surface area contributed by atoms with Crippen molar-refractivity contribution in [1.82, 2.24) is 4.57 Å². The molecule has 1 heterocycles. The van der Waals surface area contributed by atoms with Crippen LogP contribution in [-0.4, -0.2) is 23.8 Å². The second kappa shape index (κ2) is 7.50. The Hall–Kier alpha value is -2.74. The van der Waals surface area contributed by atoms with E-state index in [-0.39, 0.29) is 5.97 Å². The van der Waals surface area contributed by atoms with Crippen molar-refractivity contribution < 1.29 is 14.3 Å². The molecule has 1 aromatic heterocycles. The van der Waals surface area contributed by atoms with Gasteiger partial charge in [0.1, 0.15) is 11.6 Å². The smallest absolute Gasteiger partial charge is 0.338 e. The highest BCUT2D eigenvalue weighted by Gasteiger charge is 2.11. The Morgan fingerprint density at radius 3 is 2.52 bits per heavy atom. The third-order valence-corrected chi connectivity index (χ3v) is 3.16. The van der Waals surface area contributed by atoms with Crippen molar-refractivity contribution in [3.63, 3.8) is 0 Å². The molecule has 0 aliphatic heterocycles. The summed E-state index contributed by atoms with van der Waals surface area (Å²) in [5.41, 5.74) is 1.83. The van der Waals surface area contributed by atoms with Gasteiger partial charge < -0.3 is 14.0 Å². The summed E-state index contributed by atoms with van der Waals surface area (Å²) >= 11 is 0. The zero-order chi connectivity index (χ0) is 16.8. The van der Waals surface area contributed by atoms with Gasteiger partial charge >= 0.3 is 5.97 Å². The van der Waals surface area contributed by atoms with Gasteiger partial charge in [0.15, 0.2) is 5.75 Å². The molecule has 23 heavy (non-hydrogen) atoms. The Bertz CT molecular complexity index is 709. The highest BCUT2D eigenvalue weighted by molar-refractivity contribution is 5.89. The van der Waals surface area contributed by atoms with Crippen LogP contribution in [0.1, 0.15) is 36.7 Å². The van der Waals surface area contributed by atoms with E-state index in [0.29, 0.717) is 36.0 Å². The second-order valence-electron chi connectivity index (χ2n) is 5.53. The summed E-state index contributed by atoms with van der Waals surface area (Å²) in [6, 6.07) is 9.15. The number of hydrogen-bond acceptors (Lipinski definition) is 4. The van der Waals surface area contributed by atoms with E-state index in [1.54, 1.807) is 43.6 Å². The third-order valence-electron chi connectivity index (χ3n) is 3.16. The molecule has 0 saturated heterocycles. The predicted octanol–water partition coefficient (Wildman–Crippen LogP) is 3.56. The van der Waals surface area contributed by atoms with Gasteiger partial charge in [-0.3, -0.25) is 0 Å². The van der Waals surface area contributed by atoms with Gasteiger partial charge in [0.25, 0.3) is 0 Å². The Balaban J connectivity index is 2.21. The number of carbonyl (C=O) groups is 1. The van der Waals surface area contributed by atoms with Gasteiger partial charge in [-0.05, 0) is 37.1 Å². The van der Waals surface area contributed by atoms with Crippen LogP contribution in [-0.2, 0) is 4.74 Å². The van der Waals surface area contributed by atoms with Crippen molar-refractivity contribution >= 4 is 5.97 Å². The molecular formula is C18H20N2O3. The van der Waals surface area contributed by atoms with E-state index in [1.165, 1.54) is 0 Å². The standard InChI is InChI=1S/C18H20N2O3/c1-4-22-18(21)14-5-7-16(8-6-14)20-10-15(9-19)17(11-20)23-12-13(2)3/h5-8,10-11,13H,4,12H2,1-3H3. The van der Waals surface area contributed by atoms with Crippen LogP contribution >= 0.6 is 0 Å². The van der Waals surface area contributed by atoms with Crippen molar-refractivity contribution in [2.24, 2.45) is 5.92 Å². The summed E-state index contributed by atoms with van der Waals surface area (Å²) < 4.78 is 12.4. The maximum atomic E-state index is 11.7. The summed E-state index contributed by atoms with van der Waals surface area (Å²) in [6.07, 6.45) is 3.50. The van der Waals surface area contributed by atoms with Gasteiger partial charge in [0.2, 0.25) is 0 Å². The fourth-order valence-corrected chi connectivity index (χ4v) is 2.02. The van der Waals surface area contributed by atoms with Gasteiger partial charge in [-0.25, -0.2) is 4.79 Å². The van der Waals surface area contributed by atoms with Crippen molar-refractivity contribution in [2.75, 3.05) is 13.2 Å². The van der Waals surface area contributed by atoms with Gasteiger partial charge in [0, 0.05) is 11.9 Å². The Labute approximate surface area is 136 Å². The molecule has 0 amide bonds. The summed E-state index contributed by atoms with van der Waals surface area (Å²) in [5, 5.41) is 9.22. The van der Waals surface area contributed by atoms with Crippen LogP contribution in [0, 0.1) is 17.2 Å². The van der Waals surface area contributed by atoms with Crippen molar-refractivity contribution in [2.45, 2.75) is 20.8 Å². The van der Waals surface area contributed by atoms with Crippen LogP contribution in [0.15, 0.2) is 36.7 Å². The second-order valence-corrected chi connectivity index (χ2v) is 5.53. The quantitative estimate of drug-likeness (QED) is 0.765. The monoisotopic (exact) mass is 312 g/mol. The number of carbonyl (C=O) groups excluding carboxylic acids is 1. The first kappa shape index (κ1) is 16.6. The summed E-state index contributed by atoms with van der Waals surface area (Å²) in [4.78, 5) is 11.7. The van der Waals surface area contributed by atoms with E-state index in [9.17, 15) is 10.1 Å². The predicted molar refractivity (Wildman–Crippen MR) is 86.8 cm³/mol. The molecular weight excluding hydrogens is 292 g/mol. The maximum absolute atomic E-state index is 11.7. The number of nitriles is 1. The molecule has 0 spiro atoms. The van der Waals surface area contributed by atoms with E-state index in [0.717, 1.165) is 5.69 Å². The molecule has 120 valence electrons. The molecule has 0 fully saturated rings. The lowest BCUT2D eigenvalue weighted by atomic mass is 10.2. The number of nitrogens with zero attached hydrogens (tertiary/aromatic N) is 2. The first-order valence-corrected chi connectivity index (χ1v) is 7.57. The Morgan fingerprint density at radius 1 is 1.26 bits per heavy atom. The SMILES string of the molecule is CCOC(=O)c1ccc(-n2cc(C#N)c(OCC(C)C)c2)cc1. The van der Waals surface area contributed by atoms with E-state index in [2.05, 4.69) is 19.9 Å². The van der Waals surface area contributed by atoms with Crippen LogP contribution in [0.2, 0.25) is 0 Å². The third kappa shape index (κ3) is 4.13. The highest BCUT2D eigenvalue weighted by atomic mass is 16.5. The van der Waals surface area contributed by atoms with Gasteiger partial charge in [-0.1, -0.05) is 13.8 Å². The molecule has 0 aliphatic carbocycles. The molecule has 5 nitrogen and oxygen atoms in total. The molecule has 0 saturated carbocycles. The average Bonchev–Trinajstić information content (AvgIpc) is 2.96. The lowest BCUT2D eigenvalue weighted by Gasteiger charge is -2.07. The minimum Gasteiger partial charge on any atom is -0.490 e. The number of aromatic nitrogens is 1. The molecule has 2 aromatic rings. The largest absolute Gasteiger partial charge is 0.490 e. The molecule has 0 aliphatic rings. The molecule has 0 radical (unpaired) electrons. The zero-order valence-electron chi connectivity index (χ0n) is 13.6. The number of rotatable bonds is 6. The lowest BCUT2D eigenvalue weighted by molar-refractivity contribution is 0.0526. The first-order valence-electron chi connectivity index (χ1n) is 7.57. The first-order chi connectivity index (χ1) is 11.0. The molecule has 1 aromatic carbocycles. The van der Waals surface area contributed by atoms with E-state index in [4.69, 9.17) is 9.47 Å². The van der Waals surface area contributed by atoms with E-state index < -0.39 is 0 Å². The molecule has 0 bridgehead atoms. The number of hydrogen-bond donors (Lipinski definition) is 0. The van der Waals surface area contributed by atoms with Crippen LogP contribution in [0.5, 0.6) is 5.75 Å². The van der Waals surface area contributed by atoms with Crippen LogP contribution in [0.3, 0.4) is 0 Å². The van der Waals surface area contributed by atoms with Crippen molar-refractivity contribution in [3.8, 4) is 17.5 Å². The van der Waals surface area contributed by atoms with Gasteiger partial charge in [-0.2, -0.15) is 5.26 Å². The number of esters is 1. The fraction of sp³-hybridized carbons (Fsp3) is 0.333. The van der Waals surface area contributed by atoms with Crippen LogP contribution in [0.25, 0.3) is 5.69 Å². The minimum absolute atomic E-state index is 0.342. The summed E-state index contributed by atoms with van der Waals surface area (Å²) in [6.45, 7) is 6.78. The maximum Gasteiger partial charge on any atom is 0.338 e. The summed E-state index contributed by atoms with van der Waals surface area (Å²) in [5.74, 6) is 0.606. The number of benzene rings is 1. The van der Waals surface area contributed by atoms with Crippen molar-refractivity contribution in [3.05, 3.63) is 47.8 Å². The van der Waals surface area contributed by atoms with Crippen LogP contribution in [0.4, 0.5) is 0 Å². The van der Waals surface area contributed by atoms with E-state index >= 15 is 0 Å². The molecule has 0 unspecified atom stereocenters.